The number of hydrogen-bond donors (Lipinski definition) is 1. The second-order valence-corrected chi connectivity index (χ2v) is 8.85. The molecule has 0 unspecified atom stereocenters. The molecular formula is C23H21FN6OS. The van der Waals surface area contributed by atoms with E-state index in [1.165, 1.54) is 17.4 Å². The number of carbonyl (C=O) groups excluding carboxylic acids is 1. The maximum absolute atomic E-state index is 13.7. The molecule has 32 heavy (non-hydrogen) atoms. The number of aromatic nitrogens is 4. The molecule has 5 rings (SSSR count). The summed E-state index contributed by atoms with van der Waals surface area (Å²) in [5.41, 5.74) is 8.88. The molecule has 3 heterocycles. The van der Waals surface area contributed by atoms with Gasteiger partial charge >= 0.3 is 0 Å². The first kappa shape index (κ1) is 20.3. The number of amides is 1. The van der Waals surface area contributed by atoms with Gasteiger partial charge in [0.05, 0.1) is 12.2 Å². The van der Waals surface area contributed by atoms with Gasteiger partial charge in [-0.15, -0.1) is 16.4 Å². The van der Waals surface area contributed by atoms with Crippen molar-refractivity contribution in [1.82, 2.24) is 24.6 Å². The summed E-state index contributed by atoms with van der Waals surface area (Å²) in [5, 5.41) is 5.15. The highest BCUT2D eigenvalue weighted by Crippen LogP contribution is 2.27. The monoisotopic (exact) mass is 448 g/mol. The van der Waals surface area contributed by atoms with Gasteiger partial charge < -0.3 is 10.6 Å². The zero-order valence-electron chi connectivity index (χ0n) is 17.5. The quantitative estimate of drug-likeness (QED) is 0.514. The highest BCUT2D eigenvalue weighted by atomic mass is 32.1. The Morgan fingerprint density at radius 3 is 2.75 bits per heavy atom. The molecule has 7 nitrogen and oxygen atoms in total. The molecule has 0 saturated heterocycles. The summed E-state index contributed by atoms with van der Waals surface area (Å²) in [6.45, 7) is 2.85. The van der Waals surface area contributed by atoms with Gasteiger partial charge in [0.25, 0.3) is 0 Å². The highest BCUT2D eigenvalue weighted by molar-refractivity contribution is 7.15. The maximum Gasteiger partial charge on any atom is 0.244 e. The van der Waals surface area contributed by atoms with Crippen molar-refractivity contribution in [1.29, 1.82) is 0 Å². The lowest BCUT2D eigenvalue weighted by molar-refractivity contribution is -0.132. The molecule has 2 aromatic carbocycles. The molecule has 1 amide bonds. The molecule has 9 heteroatoms. The summed E-state index contributed by atoms with van der Waals surface area (Å²) in [7, 11) is 0. The third-order valence-electron chi connectivity index (χ3n) is 5.51. The zero-order valence-corrected chi connectivity index (χ0v) is 18.3. The zero-order chi connectivity index (χ0) is 22.2. The first-order valence-electron chi connectivity index (χ1n) is 10.3. The van der Waals surface area contributed by atoms with Gasteiger partial charge in [-0.1, -0.05) is 30.3 Å². The molecule has 4 aromatic rings. The Balaban J connectivity index is 1.46. The lowest BCUT2D eigenvalue weighted by Gasteiger charge is -2.26. The van der Waals surface area contributed by atoms with Gasteiger partial charge in [0.15, 0.2) is 16.8 Å². The van der Waals surface area contributed by atoms with E-state index in [2.05, 4.69) is 10.1 Å². The molecule has 1 aliphatic rings. The Morgan fingerprint density at radius 2 is 1.97 bits per heavy atom. The predicted molar refractivity (Wildman–Crippen MR) is 121 cm³/mol. The van der Waals surface area contributed by atoms with Crippen molar-refractivity contribution < 1.29 is 9.18 Å². The van der Waals surface area contributed by atoms with Crippen LogP contribution in [0.5, 0.6) is 0 Å². The van der Waals surface area contributed by atoms with E-state index in [0.29, 0.717) is 47.4 Å². The third-order valence-corrected chi connectivity index (χ3v) is 6.42. The molecule has 162 valence electrons. The first-order valence-corrected chi connectivity index (χ1v) is 11.1. The van der Waals surface area contributed by atoms with Crippen LogP contribution in [0.15, 0.2) is 48.5 Å². The van der Waals surface area contributed by atoms with Crippen LogP contribution in [-0.4, -0.2) is 37.1 Å². The molecule has 1 aliphatic heterocycles. The molecule has 2 aromatic heterocycles. The van der Waals surface area contributed by atoms with E-state index in [9.17, 15) is 9.18 Å². The SMILES string of the molecule is Cc1cc(-c2nc(-c3ccccc3)n(CC(=O)N3CCc4nc(N)sc4C3)n2)ccc1F. The van der Waals surface area contributed by atoms with Crippen LogP contribution in [0, 0.1) is 12.7 Å². The summed E-state index contributed by atoms with van der Waals surface area (Å²) >= 11 is 1.43. The average molecular weight is 449 g/mol. The van der Waals surface area contributed by atoms with Gasteiger partial charge in [-0.25, -0.2) is 19.0 Å². The van der Waals surface area contributed by atoms with Crippen molar-refractivity contribution in [2.45, 2.75) is 26.4 Å². The molecule has 2 N–H and O–H groups in total. The Labute approximate surface area is 188 Å². The van der Waals surface area contributed by atoms with Gasteiger partial charge in [-0.05, 0) is 30.7 Å². The second-order valence-electron chi connectivity index (χ2n) is 7.73. The number of fused-ring (bicyclic) bond motifs is 1. The van der Waals surface area contributed by atoms with Crippen molar-refractivity contribution in [3.63, 3.8) is 0 Å². The van der Waals surface area contributed by atoms with Crippen LogP contribution in [0.3, 0.4) is 0 Å². The number of hydrogen-bond acceptors (Lipinski definition) is 6. The van der Waals surface area contributed by atoms with E-state index >= 15 is 0 Å². The summed E-state index contributed by atoms with van der Waals surface area (Å²) < 4.78 is 15.4. The van der Waals surface area contributed by atoms with E-state index < -0.39 is 0 Å². The van der Waals surface area contributed by atoms with Crippen molar-refractivity contribution in [3.05, 3.63) is 70.5 Å². The second kappa shape index (κ2) is 8.16. The van der Waals surface area contributed by atoms with Crippen LogP contribution >= 0.6 is 11.3 Å². The van der Waals surface area contributed by atoms with Gasteiger partial charge in [0.1, 0.15) is 12.4 Å². The topological polar surface area (TPSA) is 89.9 Å². The summed E-state index contributed by atoms with van der Waals surface area (Å²) in [5.74, 6) is 0.720. The lowest BCUT2D eigenvalue weighted by atomic mass is 10.1. The fourth-order valence-corrected chi connectivity index (χ4v) is 4.71. The van der Waals surface area contributed by atoms with Crippen molar-refractivity contribution in [2.75, 3.05) is 12.3 Å². The number of nitrogen functional groups attached to an aromatic ring is 1. The summed E-state index contributed by atoms with van der Waals surface area (Å²) in [6.07, 6.45) is 0.692. The van der Waals surface area contributed by atoms with Crippen molar-refractivity contribution in [2.24, 2.45) is 0 Å². The van der Waals surface area contributed by atoms with Crippen LogP contribution in [0.1, 0.15) is 16.1 Å². The van der Waals surface area contributed by atoms with Crippen molar-refractivity contribution in [3.8, 4) is 22.8 Å². The van der Waals surface area contributed by atoms with E-state index in [-0.39, 0.29) is 18.3 Å². The number of benzene rings is 2. The minimum atomic E-state index is -0.278. The van der Waals surface area contributed by atoms with E-state index in [1.807, 2.05) is 30.3 Å². The summed E-state index contributed by atoms with van der Waals surface area (Å²) in [6, 6.07) is 14.4. The minimum absolute atomic E-state index is 0.0495. The number of rotatable bonds is 4. The smallest absolute Gasteiger partial charge is 0.244 e. The van der Waals surface area contributed by atoms with Crippen LogP contribution in [-0.2, 0) is 24.3 Å². The number of thiazole rings is 1. The number of anilines is 1. The van der Waals surface area contributed by atoms with Gasteiger partial charge in [0.2, 0.25) is 5.91 Å². The number of nitrogens with zero attached hydrogens (tertiary/aromatic N) is 5. The average Bonchev–Trinajstić information content (AvgIpc) is 3.38. The molecular weight excluding hydrogens is 427 g/mol. The predicted octanol–water partition coefficient (Wildman–Crippen LogP) is 3.68. The number of carbonyl (C=O) groups is 1. The van der Waals surface area contributed by atoms with Gasteiger partial charge in [-0.3, -0.25) is 4.79 Å². The number of aryl methyl sites for hydroxylation is 1. The fourth-order valence-electron chi connectivity index (χ4n) is 3.82. The largest absolute Gasteiger partial charge is 0.375 e. The molecule has 0 saturated carbocycles. The number of halogens is 1. The van der Waals surface area contributed by atoms with E-state index in [0.717, 1.165) is 16.1 Å². The Hall–Kier alpha value is -3.59. The van der Waals surface area contributed by atoms with Gasteiger partial charge in [-0.2, -0.15) is 0 Å². The normalized spacial score (nSPS) is 13.2. The van der Waals surface area contributed by atoms with E-state index in [1.54, 1.807) is 28.6 Å². The molecule has 0 atom stereocenters. The minimum Gasteiger partial charge on any atom is -0.375 e. The van der Waals surface area contributed by atoms with Crippen LogP contribution in [0.2, 0.25) is 0 Å². The third kappa shape index (κ3) is 3.87. The highest BCUT2D eigenvalue weighted by Gasteiger charge is 2.25. The first-order chi connectivity index (χ1) is 15.5. The maximum atomic E-state index is 13.7. The fraction of sp³-hybridized carbons (Fsp3) is 0.217. The molecule has 0 radical (unpaired) electrons. The molecule has 0 aliphatic carbocycles. The molecule has 0 fully saturated rings. The standard InChI is InChI=1S/C23H21FN6OS/c1-14-11-16(7-8-17(14)24)21-27-22(15-5-3-2-4-6-15)30(28-21)13-20(31)29-10-9-18-19(12-29)32-23(25)26-18/h2-8,11H,9-10,12-13H2,1H3,(H2,25,26). The Bertz CT molecular complexity index is 1300. The lowest BCUT2D eigenvalue weighted by Crippen LogP contribution is -2.37. The summed E-state index contributed by atoms with van der Waals surface area (Å²) in [4.78, 5) is 25.0. The van der Waals surface area contributed by atoms with Gasteiger partial charge in [0, 0.05) is 29.0 Å². The van der Waals surface area contributed by atoms with E-state index in [4.69, 9.17) is 10.7 Å². The number of nitrogens with two attached hydrogens (primary N) is 1. The van der Waals surface area contributed by atoms with Crippen LogP contribution < -0.4 is 5.73 Å². The Morgan fingerprint density at radius 1 is 1.16 bits per heavy atom. The molecule has 0 bridgehead atoms. The van der Waals surface area contributed by atoms with Crippen molar-refractivity contribution >= 4 is 22.4 Å². The van der Waals surface area contributed by atoms with Crippen LogP contribution in [0.25, 0.3) is 22.8 Å². The Kier molecular flexibility index (Phi) is 5.18. The van der Waals surface area contributed by atoms with Crippen LogP contribution in [0.4, 0.5) is 9.52 Å². The molecule has 0 spiro atoms.